The van der Waals surface area contributed by atoms with Gasteiger partial charge in [0.05, 0.1) is 25.9 Å². The third-order valence-electron chi connectivity index (χ3n) is 5.27. The molecule has 2 aromatic rings. The summed E-state index contributed by atoms with van der Waals surface area (Å²) in [6.07, 6.45) is 0. The zero-order valence-corrected chi connectivity index (χ0v) is 17.3. The number of ketones is 1. The number of Topliss-reactive ketones (excluding diaryl/α,β-unsaturated/α-hetero) is 1. The van der Waals surface area contributed by atoms with Crippen LogP contribution in [0.1, 0.15) is 15.9 Å². The van der Waals surface area contributed by atoms with Gasteiger partial charge in [-0.3, -0.25) is 9.69 Å². The molecule has 1 heterocycles. The average Bonchev–Trinajstić information content (AvgIpc) is 2.77. The highest BCUT2D eigenvalue weighted by Crippen LogP contribution is 2.30. The standard InChI is InChI=1S/C22H27FN4O3/c1-25-9-11-26(12-10-25)22(29)27(19-5-3-4-6-21(19)30-2)15-17-8-7-16(13-18(17)23)20(28)14-24/h3-8,13H,9-12,14-15,24H2,1-2H3. The third-order valence-corrected chi connectivity index (χ3v) is 5.27. The van der Waals surface area contributed by atoms with Crippen LogP contribution in [0.3, 0.4) is 0 Å². The van der Waals surface area contributed by atoms with Crippen LogP contribution in [0.15, 0.2) is 42.5 Å². The number of carbonyl (C=O) groups is 2. The number of amides is 2. The number of rotatable bonds is 6. The molecule has 0 bridgehead atoms. The van der Waals surface area contributed by atoms with Crippen molar-refractivity contribution in [2.75, 3.05) is 51.8 Å². The second kappa shape index (κ2) is 9.69. The Hall–Kier alpha value is -2.97. The van der Waals surface area contributed by atoms with Gasteiger partial charge in [-0.1, -0.05) is 24.3 Å². The van der Waals surface area contributed by atoms with E-state index in [0.29, 0.717) is 30.1 Å². The quantitative estimate of drug-likeness (QED) is 0.734. The van der Waals surface area contributed by atoms with Gasteiger partial charge in [-0.25, -0.2) is 9.18 Å². The molecule has 8 heteroatoms. The first-order chi connectivity index (χ1) is 14.4. The maximum atomic E-state index is 14.8. The van der Waals surface area contributed by atoms with Crippen molar-refractivity contribution in [2.45, 2.75) is 6.54 Å². The number of carbonyl (C=O) groups excluding carboxylic acids is 2. The molecule has 30 heavy (non-hydrogen) atoms. The van der Waals surface area contributed by atoms with Crippen LogP contribution < -0.4 is 15.4 Å². The van der Waals surface area contributed by atoms with Crippen LogP contribution >= 0.6 is 0 Å². The fraction of sp³-hybridized carbons (Fsp3) is 0.364. The lowest BCUT2D eigenvalue weighted by Crippen LogP contribution is -2.52. The molecular weight excluding hydrogens is 387 g/mol. The van der Waals surface area contributed by atoms with E-state index in [4.69, 9.17) is 10.5 Å². The van der Waals surface area contributed by atoms with E-state index in [0.717, 1.165) is 13.1 Å². The van der Waals surface area contributed by atoms with Gasteiger partial charge in [0.25, 0.3) is 0 Å². The molecule has 2 N–H and O–H groups in total. The van der Waals surface area contributed by atoms with Gasteiger partial charge in [-0.15, -0.1) is 0 Å². The molecule has 3 rings (SSSR count). The lowest BCUT2D eigenvalue weighted by molar-refractivity contribution is 0.100. The Morgan fingerprint density at radius 3 is 2.47 bits per heavy atom. The summed E-state index contributed by atoms with van der Waals surface area (Å²) in [4.78, 5) is 30.6. The number of methoxy groups -OCH3 is 1. The molecule has 7 nitrogen and oxygen atoms in total. The van der Waals surface area contributed by atoms with Crippen molar-refractivity contribution >= 4 is 17.5 Å². The molecule has 1 saturated heterocycles. The Balaban J connectivity index is 1.94. The van der Waals surface area contributed by atoms with Crippen LogP contribution in [0.4, 0.5) is 14.9 Å². The Labute approximate surface area is 175 Å². The Kier molecular flexibility index (Phi) is 7.02. The number of hydrogen-bond acceptors (Lipinski definition) is 5. The molecule has 1 aliphatic rings. The molecule has 0 unspecified atom stereocenters. The number of benzene rings is 2. The third kappa shape index (κ3) is 4.77. The van der Waals surface area contributed by atoms with Crippen LogP contribution in [-0.4, -0.2) is 68.5 Å². The van der Waals surface area contributed by atoms with Crippen LogP contribution in [0.25, 0.3) is 0 Å². The molecule has 1 fully saturated rings. The summed E-state index contributed by atoms with van der Waals surface area (Å²) in [5.74, 6) is -0.369. The molecule has 0 spiro atoms. The molecule has 0 aliphatic carbocycles. The summed E-state index contributed by atoms with van der Waals surface area (Å²) in [5.41, 5.74) is 6.44. The maximum absolute atomic E-state index is 14.8. The van der Waals surface area contributed by atoms with E-state index < -0.39 is 5.82 Å². The lowest BCUT2D eigenvalue weighted by Gasteiger charge is -2.36. The molecular formula is C22H27FN4O3. The summed E-state index contributed by atoms with van der Waals surface area (Å²) in [5, 5.41) is 0. The summed E-state index contributed by atoms with van der Waals surface area (Å²) in [6.45, 7) is 2.55. The van der Waals surface area contributed by atoms with Gasteiger partial charge in [0, 0.05) is 37.3 Å². The predicted molar refractivity (Wildman–Crippen MR) is 113 cm³/mol. The highest BCUT2D eigenvalue weighted by Gasteiger charge is 2.28. The van der Waals surface area contributed by atoms with Gasteiger partial charge in [0.1, 0.15) is 11.6 Å². The number of hydrogen-bond donors (Lipinski definition) is 1. The van der Waals surface area contributed by atoms with Crippen molar-refractivity contribution in [3.8, 4) is 5.75 Å². The summed E-state index contributed by atoms with van der Waals surface area (Å²) in [7, 11) is 3.55. The van der Waals surface area contributed by atoms with Gasteiger partial charge in [-0.05, 0) is 25.2 Å². The fourth-order valence-corrected chi connectivity index (χ4v) is 3.41. The topological polar surface area (TPSA) is 79.1 Å². The van der Waals surface area contributed by atoms with Crippen molar-refractivity contribution in [3.63, 3.8) is 0 Å². The van der Waals surface area contributed by atoms with E-state index in [1.807, 2.05) is 19.2 Å². The van der Waals surface area contributed by atoms with Crippen LogP contribution in [0, 0.1) is 5.82 Å². The fourth-order valence-electron chi connectivity index (χ4n) is 3.41. The number of piperazine rings is 1. The van der Waals surface area contributed by atoms with Gasteiger partial charge in [0.2, 0.25) is 0 Å². The van der Waals surface area contributed by atoms with E-state index >= 15 is 0 Å². The Bertz CT molecular complexity index is 913. The van der Waals surface area contributed by atoms with Crippen LogP contribution in [0.2, 0.25) is 0 Å². The summed E-state index contributed by atoms with van der Waals surface area (Å²) < 4.78 is 20.2. The van der Waals surface area contributed by atoms with Gasteiger partial charge >= 0.3 is 6.03 Å². The number of anilines is 1. The number of ether oxygens (including phenoxy) is 1. The number of nitrogens with zero attached hydrogens (tertiary/aromatic N) is 3. The minimum Gasteiger partial charge on any atom is -0.495 e. The number of para-hydroxylation sites is 2. The summed E-state index contributed by atoms with van der Waals surface area (Å²) >= 11 is 0. The number of urea groups is 1. The molecule has 1 aliphatic heterocycles. The summed E-state index contributed by atoms with van der Waals surface area (Å²) in [6, 6.07) is 11.2. The van der Waals surface area contributed by atoms with Crippen LogP contribution in [0.5, 0.6) is 5.75 Å². The smallest absolute Gasteiger partial charge is 0.325 e. The number of nitrogens with two attached hydrogens (primary N) is 1. The molecule has 0 aromatic heterocycles. The van der Waals surface area contributed by atoms with E-state index in [-0.39, 0.29) is 30.5 Å². The molecule has 0 atom stereocenters. The van der Waals surface area contributed by atoms with Crippen LogP contribution in [-0.2, 0) is 6.54 Å². The number of halogens is 1. The van der Waals surface area contributed by atoms with E-state index in [9.17, 15) is 14.0 Å². The van der Waals surface area contributed by atoms with Crippen molar-refractivity contribution in [2.24, 2.45) is 5.73 Å². The van der Waals surface area contributed by atoms with Crippen molar-refractivity contribution < 1.29 is 18.7 Å². The predicted octanol–water partition coefficient (Wildman–Crippen LogP) is 2.35. The lowest BCUT2D eigenvalue weighted by atomic mass is 10.1. The zero-order chi connectivity index (χ0) is 21.7. The second-order valence-electron chi connectivity index (χ2n) is 7.26. The molecule has 0 radical (unpaired) electrons. The highest BCUT2D eigenvalue weighted by molar-refractivity contribution is 5.97. The molecule has 2 aromatic carbocycles. The molecule has 2 amide bonds. The maximum Gasteiger partial charge on any atom is 0.325 e. The Morgan fingerprint density at radius 2 is 1.83 bits per heavy atom. The van der Waals surface area contributed by atoms with Crippen molar-refractivity contribution in [3.05, 3.63) is 59.4 Å². The van der Waals surface area contributed by atoms with Crippen molar-refractivity contribution in [1.82, 2.24) is 9.80 Å². The zero-order valence-electron chi connectivity index (χ0n) is 17.3. The minimum atomic E-state index is -0.555. The van der Waals surface area contributed by atoms with Crippen molar-refractivity contribution in [1.29, 1.82) is 0 Å². The largest absolute Gasteiger partial charge is 0.495 e. The molecule has 0 saturated carbocycles. The SMILES string of the molecule is COc1ccccc1N(Cc1ccc(C(=O)CN)cc1F)C(=O)N1CCN(C)CC1. The minimum absolute atomic E-state index is 0.00841. The van der Waals surface area contributed by atoms with E-state index in [1.165, 1.54) is 30.2 Å². The van der Waals surface area contributed by atoms with Gasteiger partial charge in [-0.2, -0.15) is 0 Å². The molecule has 160 valence electrons. The van der Waals surface area contributed by atoms with E-state index in [1.54, 1.807) is 17.0 Å². The van der Waals surface area contributed by atoms with Gasteiger partial charge < -0.3 is 20.3 Å². The van der Waals surface area contributed by atoms with E-state index in [2.05, 4.69) is 4.90 Å². The van der Waals surface area contributed by atoms with Gasteiger partial charge in [0.15, 0.2) is 5.78 Å². The Morgan fingerprint density at radius 1 is 1.13 bits per heavy atom. The average molecular weight is 414 g/mol. The monoisotopic (exact) mass is 414 g/mol. The first-order valence-electron chi connectivity index (χ1n) is 9.84. The highest BCUT2D eigenvalue weighted by atomic mass is 19.1. The first kappa shape index (κ1) is 21.7. The second-order valence-corrected chi connectivity index (χ2v) is 7.26. The first-order valence-corrected chi connectivity index (χ1v) is 9.84. The normalized spacial score (nSPS) is 14.5. The number of likely N-dealkylation sites (N-methyl/N-ethyl adjacent to an activating group) is 1.